The first-order valence-corrected chi connectivity index (χ1v) is 8.74. The zero-order valence-corrected chi connectivity index (χ0v) is 15.7. The van der Waals surface area contributed by atoms with Gasteiger partial charge in [0.15, 0.2) is 0 Å². The van der Waals surface area contributed by atoms with E-state index in [0.717, 1.165) is 5.56 Å². The van der Waals surface area contributed by atoms with Gasteiger partial charge in [-0.1, -0.05) is 12.1 Å². The maximum atomic E-state index is 13.1. The van der Waals surface area contributed by atoms with Gasteiger partial charge in [-0.2, -0.15) is 0 Å². The molecule has 1 aliphatic heterocycles. The van der Waals surface area contributed by atoms with Crippen LogP contribution >= 0.6 is 0 Å². The Hall–Kier alpha value is -2.90. The zero-order valence-electron chi connectivity index (χ0n) is 15.7. The molecule has 0 bridgehead atoms. The lowest BCUT2D eigenvalue weighted by molar-refractivity contribution is 0.0220. The SMILES string of the molecule is CC(C)(C)OC(=O)N1CCc2c(nc(N)n(Cc3ccc(F)cc3)c2=O)C1. The molecule has 27 heavy (non-hydrogen) atoms. The third-order valence-corrected chi connectivity index (χ3v) is 4.26. The molecule has 1 aromatic heterocycles. The van der Waals surface area contributed by atoms with Gasteiger partial charge >= 0.3 is 6.09 Å². The fourth-order valence-electron chi connectivity index (χ4n) is 2.95. The minimum atomic E-state index is -0.595. The fraction of sp³-hybridized carbons (Fsp3) is 0.421. The lowest BCUT2D eigenvalue weighted by Crippen LogP contribution is -2.43. The molecule has 0 spiro atoms. The van der Waals surface area contributed by atoms with Crippen LogP contribution in [0.3, 0.4) is 0 Å². The number of aromatic nitrogens is 2. The Balaban J connectivity index is 1.84. The molecule has 7 nitrogen and oxygen atoms in total. The van der Waals surface area contributed by atoms with E-state index in [1.165, 1.54) is 21.6 Å². The van der Waals surface area contributed by atoms with Crippen molar-refractivity contribution in [1.29, 1.82) is 0 Å². The van der Waals surface area contributed by atoms with Gasteiger partial charge in [0.2, 0.25) is 5.95 Å². The summed E-state index contributed by atoms with van der Waals surface area (Å²) in [4.78, 5) is 31.0. The summed E-state index contributed by atoms with van der Waals surface area (Å²) in [5.74, 6) is -0.279. The summed E-state index contributed by atoms with van der Waals surface area (Å²) >= 11 is 0. The quantitative estimate of drug-likeness (QED) is 0.871. The summed E-state index contributed by atoms with van der Waals surface area (Å²) in [5, 5.41) is 0. The van der Waals surface area contributed by atoms with Crippen molar-refractivity contribution in [2.45, 2.75) is 45.9 Å². The second-order valence-corrected chi connectivity index (χ2v) is 7.56. The topological polar surface area (TPSA) is 90.4 Å². The Labute approximate surface area is 156 Å². The number of nitrogen functional groups attached to an aromatic ring is 1. The van der Waals surface area contributed by atoms with Crippen LogP contribution in [0.15, 0.2) is 29.1 Å². The molecular formula is C19H23FN4O3. The van der Waals surface area contributed by atoms with E-state index >= 15 is 0 Å². The van der Waals surface area contributed by atoms with Gasteiger partial charge < -0.3 is 15.4 Å². The van der Waals surface area contributed by atoms with Crippen molar-refractivity contribution in [2.24, 2.45) is 0 Å². The van der Waals surface area contributed by atoms with Gasteiger partial charge in [0, 0.05) is 12.1 Å². The number of carbonyl (C=O) groups is 1. The molecule has 1 aromatic carbocycles. The molecule has 1 aliphatic rings. The predicted molar refractivity (Wildman–Crippen MR) is 98.8 cm³/mol. The maximum absolute atomic E-state index is 13.1. The van der Waals surface area contributed by atoms with Gasteiger partial charge in [-0.3, -0.25) is 9.36 Å². The van der Waals surface area contributed by atoms with Crippen LogP contribution in [0.5, 0.6) is 0 Å². The number of fused-ring (bicyclic) bond motifs is 1. The number of anilines is 1. The molecule has 3 rings (SSSR count). The van der Waals surface area contributed by atoms with E-state index in [1.807, 2.05) is 0 Å². The van der Waals surface area contributed by atoms with Gasteiger partial charge in [-0.05, 0) is 44.9 Å². The average Bonchev–Trinajstić information content (AvgIpc) is 2.58. The van der Waals surface area contributed by atoms with Gasteiger partial charge in [-0.25, -0.2) is 14.2 Å². The second-order valence-electron chi connectivity index (χ2n) is 7.56. The average molecular weight is 374 g/mol. The molecular weight excluding hydrogens is 351 g/mol. The lowest BCUT2D eigenvalue weighted by atomic mass is 10.1. The molecule has 0 saturated heterocycles. The van der Waals surface area contributed by atoms with Gasteiger partial charge in [-0.15, -0.1) is 0 Å². The largest absolute Gasteiger partial charge is 0.444 e. The van der Waals surface area contributed by atoms with E-state index in [-0.39, 0.29) is 30.4 Å². The molecule has 2 heterocycles. The van der Waals surface area contributed by atoms with Crippen LogP contribution in [0.4, 0.5) is 15.1 Å². The summed E-state index contributed by atoms with van der Waals surface area (Å²) < 4.78 is 19.8. The molecule has 0 fully saturated rings. The first-order chi connectivity index (χ1) is 12.6. The number of amides is 1. The predicted octanol–water partition coefficient (Wildman–Crippen LogP) is 2.31. The maximum Gasteiger partial charge on any atom is 0.410 e. The zero-order chi connectivity index (χ0) is 19.8. The van der Waals surface area contributed by atoms with Crippen LogP contribution in [-0.4, -0.2) is 32.7 Å². The molecule has 0 saturated carbocycles. The van der Waals surface area contributed by atoms with Crippen LogP contribution in [0, 0.1) is 5.82 Å². The van der Waals surface area contributed by atoms with Crippen molar-refractivity contribution in [3.8, 4) is 0 Å². The van der Waals surface area contributed by atoms with Crippen LogP contribution in [-0.2, 0) is 24.2 Å². The molecule has 0 unspecified atom stereocenters. The van der Waals surface area contributed by atoms with E-state index in [0.29, 0.717) is 24.2 Å². The molecule has 0 radical (unpaired) electrons. The van der Waals surface area contributed by atoms with Crippen molar-refractivity contribution >= 4 is 12.0 Å². The smallest absolute Gasteiger partial charge is 0.410 e. The highest BCUT2D eigenvalue weighted by Gasteiger charge is 2.28. The van der Waals surface area contributed by atoms with Crippen molar-refractivity contribution < 1.29 is 13.9 Å². The molecule has 2 aromatic rings. The minimum Gasteiger partial charge on any atom is -0.444 e. The van der Waals surface area contributed by atoms with Crippen molar-refractivity contribution in [2.75, 3.05) is 12.3 Å². The number of benzene rings is 1. The number of rotatable bonds is 2. The normalized spacial score (nSPS) is 14.0. The molecule has 0 aliphatic carbocycles. The first-order valence-electron chi connectivity index (χ1n) is 8.74. The van der Waals surface area contributed by atoms with Gasteiger partial charge in [0.1, 0.15) is 11.4 Å². The standard InChI is InChI=1S/C19H23FN4O3/c1-19(2,3)27-18(26)23-9-8-14-15(11-23)22-17(21)24(16(14)25)10-12-4-6-13(20)7-5-12/h4-7H,8-11H2,1-3H3,(H2,21,22). The Morgan fingerprint density at radius 2 is 1.96 bits per heavy atom. The van der Waals surface area contributed by atoms with E-state index in [9.17, 15) is 14.0 Å². The third-order valence-electron chi connectivity index (χ3n) is 4.26. The molecule has 8 heteroatoms. The van der Waals surface area contributed by atoms with Crippen LogP contribution in [0.1, 0.15) is 37.6 Å². The summed E-state index contributed by atoms with van der Waals surface area (Å²) in [6.07, 6.45) is -0.0617. The fourth-order valence-corrected chi connectivity index (χ4v) is 2.95. The molecule has 2 N–H and O–H groups in total. The number of carbonyl (C=O) groups excluding carboxylic acids is 1. The van der Waals surface area contributed by atoms with Crippen LogP contribution in [0.2, 0.25) is 0 Å². The number of nitrogens with two attached hydrogens (primary N) is 1. The van der Waals surface area contributed by atoms with Gasteiger partial charge in [0.25, 0.3) is 5.56 Å². The monoisotopic (exact) mass is 374 g/mol. The summed E-state index contributed by atoms with van der Waals surface area (Å²) in [7, 11) is 0. The summed E-state index contributed by atoms with van der Waals surface area (Å²) in [6, 6.07) is 5.87. The van der Waals surface area contributed by atoms with Gasteiger partial charge in [0.05, 0.1) is 18.8 Å². The molecule has 1 amide bonds. The van der Waals surface area contributed by atoms with E-state index in [2.05, 4.69) is 4.98 Å². The second kappa shape index (κ2) is 7.02. The number of ether oxygens (including phenoxy) is 1. The highest BCUT2D eigenvalue weighted by Crippen LogP contribution is 2.19. The van der Waals surface area contributed by atoms with Crippen molar-refractivity contribution in [3.05, 3.63) is 57.3 Å². The Morgan fingerprint density at radius 3 is 2.59 bits per heavy atom. The van der Waals surface area contributed by atoms with Crippen molar-refractivity contribution in [3.63, 3.8) is 0 Å². The van der Waals surface area contributed by atoms with E-state index in [1.54, 1.807) is 32.9 Å². The summed E-state index contributed by atoms with van der Waals surface area (Å²) in [6.45, 7) is 6.16. The molecule has 0 atom stereocenters. The molecule has 144 valence electrons. The highest BCUT2D eigenvalue weighted by molar-refractivity contribution is 5.68. The van der Waals surface area contributed by atoms with E-state index < -0.39 is 11.7 Å². The number of halogens is 1. The minimum absolute atomic E-state index is 0.0640. The number of nitrogens with zero attached hydrogens (tertiary/aromatic N) is 3. The van der Waals surface area contributed by atoms with Crippen LogP contribution < -0.4 is 11.3 Å². The van der Waals surface area contributed by atoms with E-state index in [4.69, 9.17) is 10.5 Å². The number of hydrogen-bond acceptors (Lipinski definition) is 5. The lowest BCUT2D eigenvalue weighted by Gasteiger charge is -2.30. The Bertz CT molecular complexity index is 916. The van der Waals surface area contributed by atoms with Crippen LogP contribution in [0.25, 0.3) is 0 Å². The van der Waals surface area contributed by atoms with Crippen molar-refractivity contribution in [1.82, 2.24) is 14.5 Å². The Morgan fingerprint density at radius 1 is 1.30 bits per heavy atom. The third kappa shape index (κ3) is 4.27. The Kier molecular flexibility index (Phi) is 4.91. The summed E-state index contributed by atoms with van der Waals surface area (Å²) in [5.41, 5.74) is 6.95. The highest BCUT2D eigenvalue weighted by atomic mass is 19.1. The first kappa shape index (κ1) is 18.9. The number of hydrogen-bond donors (Lipinski definition) is 1.